The summed E-state index contributed by atoms with van der Waals surface area (Å²) in [6.07, 6.45) is -0.405. The third-order valence-electron chi connectivity index (χ3n) is 4.55. The van der Waals surface area contributed by atoms with Crippen LogP contribution in [-0.4, -0.2) is 26.4 Å². The topological polar surface area (TPSA) is 69.0 Å². The lowest BCUT2D eigenvalue weighted by Gasteiger charge is -2.15. The van der Waals surface area contributed by atoms with Crippen molar-refractivity contribution >= 4 is 46.6 Å². The predicted molar refractivity (Wildman–Crippen MR) is 122 cm³/mol. The standard InChI is InChI=1S/C21H22Cl2N4O2S/c1-12-5-7-16(9-13(12)2)24-19(28)11-30-21-26-25-20(27(21)4)14(3)29-18-10-15(22)6-8-17(18)23/h5-10,14H,11H2,1-4H3,(H,24,28). The molecule has 0 aliphatic heterocycles. The van der Waals surface area contributed by atoms with Crippen LogP contribution in [0.3, 0.4) is 0 Å². The van der Waals surface area contributed by atoms with Crippen LogP contribution < -0.4 is 10.1 Å². The first-order chi connectivity index (χ1) is 14.2. The molecule has 6 nitrogen and oxygen atoms in total. The molecule has 3 aromatic rings. The monoisotopic (exact) mass is 464 g/mol. The number of benzene rings is 2. The van der Waals surface area contributed by atoms with Gasteiger partial charge in [0.1, 0.15) is 5.75 Å². The minimum atomic E-state index is -0.405. The van der Waals surface area contributed by atoms with Crippen LogP contribution in [0.1, 0.15) is 30.0 Å². The summed E-state index contributed by atoms with van der Waals surface area (Å²) in [6.45, 7) is 5.90. The van der Waals surface area contributed by atoms with E-state index in [4.69, 9.17) is 27.9 Å². The first-order valence-corrected chi connectivity index (χ1v) is 11.0. The molecule has 0 saturated heterocycles. The number of hydrogen-bond donors (Lipinski definition) is 1. The van der Waals surface area contributed by atoms with E-state index in [1.54, 1.807) is 22.8 Å². The van der Waals surface area contributed by atoms with Gasteiger partial charge in [-0.05, 0) is 56.2 Å². The molecule has 3 rings (SSSR count). The summed E-state index contributed by atoms with van der Waals surface area (Å²) >= 11 is 13.5. The number of nitrogens with one attached hydrogen (secondary N) is 1. The zero-order chi connectivity index (χ0) is 21.8. The van der Waals surface area contributed by atoms with Crippen LogP contribution in [-0.2, 0) is 11.8 Å². The van der Waals surface area contributed by atoms with Crippen molar-refractivity contribution in [1.82, 2.24) is 14.8 Å². The number of carbonyl (C=O) groups is 1. The maximum absolute atomic E-state index is 12.3. The van der Waals surface area contributed by atoms with E-state index >= 15 is 0 Å². The second kappa shape index (κ2) is 9.73. The smallest absolute Gasteiger partial charge is 0.234 e. The van der Waals surface area contributed by atoms with E-state index in [-0.39, 0.29) is 11.7 Å². The van der Waals surface area contributed by atoms with Crippen molar-refractivity contribution in [2.24, 2.45) is 7.05 Å². The Kier molecular flexibility index (Phi) is 7.28. The van der Waals surface area contributed by atoms with Crippen LogP contribution in [0.15, 0.2) is 41.6 Å². The molecule has 0 fully saturated rings. The first-order valence-electron chi connectivity index (χ1n) is 9.25. The fourth-order valence-corrected chi connectivity index (χ4v) is 3.81. The van der Waals surface area contributed by atoms with Crippen molar-refractivity contribution in [2.45, 2.75) is 32.0 Å². The minimum absolute atomic E-state index is 0.109. The molecule has 1 amide bonds. The van der Waals surface area contributed by atoms with Gasteiger partial charge in [0, 0.05) is 23.8 Å². The zero-order valence-electron chi connectivity index (χ0n) is 17.1. The lowest BCUT2D eigenvalue weighted by Crippen LogP contribution is -2.15. The molecule has 0 aliphatic carbocycles. The van der Waals surface area contributed by atoms with Gasteiger partial charge in [-0.15, -0.1) is 10.2 Å². The lowest BCUT2D eigenvalue weighted by molar-refractivity contribution is -0.113. The van der Waals surface area contributed by atoms with Crippen LogP contribution in [0.25, 0.3) is 0 Å². The summed E-state index contributed by atoms with van der Waals surface area (Å²) in [5, 5.41) is 12.9. The molecule has 1 unspecified atom stereocenters. The number of rotatable bonds is 7. The second-order valence-electron chi connectivity index (χ2n) is 6.87. The molecule has 0 bridgehead atoms. The van der Waals surface area contributed by atoms with Gasteiger partial charge in [-0.3, -0.25) is 4.79 Å². The fourth-order valence-electron chi connectivity index (χ4n) is 2.76. The summed E-state index contributed by atoms with van der Waals surface area (Å²) in [7, 11) is 1.83. The summed E-state index contributed by atoms with van der Waals surface area (Å²) in [4.78, 5) is 12.3. The molecule has 0 radical (unpaired) electrons. The van der Waals surface area contributed by atoms with Crippen molar-refractivity contribution in [3.05, 3.63) is 63.4 Å². The number of nitrogens with zero attached hydrogens (tertiary/aromatic N) is 3. The Morgan fingerprint density at radius 2 is 1.93 bits per heavy atom. The SMILES string of the molecule is Cc1ccc(NC(=O)CSc2nnc(C(C)Oc3cc(Cl)ccc3Cl)n2C)cc1C. The number of thioether (sulfide) groups is 1. The van der Waals surface area contributed by atoms with Crippen molar-refractivity contribution in [3.63, 3.8) is 0 Å². The Labute approximate surface area is 189 Å². The molecule has 2 aromatic carbocycles. The number of hydrogen-bond acceptors (Lipinski definition) is 5. The zero-order valence-corrected chi connectivity index (χ0v) is 19.4. The van der Waals surface area contributed by atoms with Gasteiger partial charge in [0.25, 0.3) is 0 Å². The van der Waals surface area contributed by atoms with Gasteiger partial charge < -0.3 is 14.6 Å². The third kappa shape index (κ3) is 5.47. The van der Waals surface area contributed by atoms with E-state index in [1.165, 1.54) is 17.3 Å². The molecule has 1 atom stereocenters. The van der Waals surface area contributed by atoms with E-state index in [0.717, 1.165) is 11.3 Å². The van der Waals surface area contributed by atoms with Crippen LogP contribution in [0, 0.1) is 13.8 Å². The first kappa shape index (κ1) is 22.5. The van der Waals surface area contributed by atoms with E-state index in [2.05, 4.69) is 15.5 Å². The number of halogens is 2. The highest BCUT2D eigenvalue weighted by Gasteiger charge is 2.19. The molecular weight excluding hydrogens is 443 g/mol. The highest BCUT2D eigenvalue weighted by atomic mass is 35.5. The van der Waals surface area contributed by atoms with Gasteiger partial charge in [-0.1, -0.05) is 41.0 Å². The number of ether oxygens (including phenoxy) is 1. The van der Waals surface area contributed by atoms with E-state index < -0.39 is 6.10 Å². The maximum atomic E-state index is 12.3. The number of aromatic nitrogens is 3. The predicted octanol–water partition coefficient (Wildman–Crippen LogP) is 5.61. The molecule has 1 heterocycles. The quantitative estimate of drug-likeness (QED) is 0.460. The average molecular weight is 465 g/mol. The van der Waals surface area contributed by atoms with E-state index in [9.17, 15) is 4.79 Å². The molecule has 1 N–H and O–H groups in total. The minimum Gasteiger partial charge on any atom is -0.481 e. The van der Waals surface area contributed by atoms with Gasteiger partial charge in [0.15, 0.2) is 17.1 Å². The maximum Gasteiger partial charge on any atom is 0.234 e. The van der Waals surface area contributed by atoms with Gasteiger partial charge in [0.05, 0.1) is 10.8 Å². The van der Waals surface area contributed by atoms with Crippen LogP contribution in [0.2, 0.25) is 10.0 Å². The van der Waals surface area contributed by atoms with E-state index in [0.29, 0.717) is 26.8 Å². The normalized spacial score (nSPS) is 11.9. The number of amides is 1. The summed E-state index contributed by atoms with van der Waals surface area (Å²) < 4.78 is 7.71. The van der Waals surface area contributed by atoms with Crippen LogP contribution in [0.4, 0.5) is 5.69 Å². The summed E-state index contributed by atoms with van der Waals surface area (Å²) in [5.41, 5.74) is 3.10. The molecule has 0 spiro atoms. The Bertz CT molecular complexity index is 1070. The molecule has 30 heavy (non-hydrogen) atoms. The highest BCUT2D eigenvalue weighted by Crippen LogP contribution is 2.31. The highest BCUT2D eigenvalue weighted by molar-refractivity contribution is 7.99. The Morgan fingerprint density at radius 1 is 1.17 bits per heavy atom. The van der Waals surface area contributed by atoms with Gasteiger partial charge in [-0.25, -0.2) is 0 Å². The second-order valence-corrected chi connectivity index (χ2v) is 8.66. The van der Waals surface area contributed by atoms with Crippen molar-refractivity contribution < 1.29 is 9.53 Å². The molecule has 158 valence electrons. The lowest BCUT2D eigenvalue weighted by atomic mass is 10.1. The fraction of sp³-hybridized carbons (Fsp3) is 0.286. The molecule has 0 saturated carbocycles. The number of anilines is 1. The van der Waals surface area contributed by atoms with Crippen molar-refractivity contribution in [2.75, 3.05) is 11.1 Å². The number of aryl methyl sites for hydroxylation is 2. The van der Waals surface area contributed by atoms with Crippen LogP contribution >= 0.6 is 35.0 Å². The summed E-state index contributed by atoms with van der Waals surface area (Å²) in [5.74, 6) is 1.20. The van der Waals surface area contributed by atoms with E-state index in [1.807, 2.05) is 46.0 Å². The van der Waals surface area contributed by atoms with Gasteiger partial charge >= 0.3 is 0 Å². The third-order valence-corrected chi connectivity index (χ3v) is 6.12. The molecule has 1 aromatic heterocycles. The van der Waals surface area contributed by atoms with Gasteiger partial charge in [-0.2, -0.15) is 0 Å². The number of carbonyl (C=O) groups excluding carboxylic acids is 1. The van der Waals surface area contributed by atoms with Crippen molar-refractivity contribution in [3.8, 4) is 5.75 Å². The Hall–Kier alpha value is -2.22. The summed E-state index contributed by atoms with van der Waals surface area (Å²) in [6, 6.07) is 10.9. The molecule has 9 heteroatoms. The molecular formula is C21H22Cl2N4O2S. The van der Waals surface area contributed by atoms with Crippen molar-refractivity contribution in [1.29, 1.82) is 0 Å². The largest absolute Gasteiger partial charge is 0.481 e. The molecule has 0 aliphatic rings. The van der Waals surface area contributed by atoms with Crippen LogP contribution in [0.5, 0.6) is 5.75 Å². The Balaban J connectivity index is 1.61. The van der Waals surface area contributed by atoms with Gasteiger partial charge in [0.2, 0.25) is 5.91 Å². The Morgan fingerprint density at radius 3 is 2.67 bits per heavy atom. The average Bonchev–Trinajstić information content (AvgIpc) is 3.06.